The number of benzene rings is 2. The molecule has 0 aliphatic heterocycles. The smallest absolute Gasteiger partial charge is 0.243 e. The van der Waals surface area contributed by atoms with Gasteiger partial charge in [0.15, 0.2) is 0 Å². The van der Waals surface area contributed by atoms with Crippen LogP contribution in [0, 0.1) is 5.41 Å². The Kier molecular flexibility index (Phi) is 18.5. The van der Waals surface area contributed by atoms with Gasteiger partial charge in [0.25, 0.3) is 0 Å². The minimum atomic E-state index is -1.17. The van der Waals surface area contributed by atoms with Crippen molar-refractivity contribution >= 4 is 36.2 Å². The first-order valence-electron chi connectivity index (χ1n) is 12.6. The van der Waals surface area contributed by atoms with Gasteiger partial charge in [-0.1, -0.05) is 54.6 Å². The van der Waals surface area contributed by atoms with Crippen molar-refractivity contribution in [2.75, 3.05) is 12.3 Å². The van der Waals surface area contributed by atoms with Gasteiger partial charge in [-0.25, -0.2) is 0 Å². The fourth-order valence-corrected chi connectivity index (χ4v) is 4.03. The predicted octanol–water partition coefficient (Wildman–Crippen LogP) is -1.78. The van der Waals surface area contributed by atoms with E-state index in [0.29, 0.717) is 24.9 Å². The van der Waals surface area contributed by atoms with Crippen molar-refractivity contribution < 1.29 is 50.5 Å². The number of carbonyl (C=O) groups excluding carboxylic acids is 3. The summed E-state index contributed by atoms with van der Waals surface area (Å²) in [4.78, 5) is 38.8. The van der Waals surface area contributed by atoms with Gasteiger partial charge < -0.3 is 61.1 Å². The molecule has 0 saturated carbocycles. The number of nitrogens with one attached hydrogen (secondary N) is 4. The molecule has 0 aliphatic carbocycles. The summed E-state index contributed by atoms with van der Waals surface area (Å²) in [6.07, 6.45) is 1.67. The summed E-state index contributed by atoms with van der Waals surface area (Å²) in [5.74, 6) is -3.24. The van der Waals surface area contributed by atoms with E-state index in [9.17, 15) is 24.6 Å². The molecule has 0 unspecified atom stereocenters. The van der Waals surface area contributed by atoms with Gasteiger partial charge in [0.05, 0.1) is 18.1 Å². The van der Waals surface area contributed by atoms with E-state index in [0.717, 1.165) is 5.56 Å². The summed E-state index contributed by atoms with van der Waals surface area (Å²) in [6.45, 7) is 0.401. The average molecular weight is 758 g/mol. The molecule has 0 aromatic heterocycles. The second-order valence-corrected chi connectivity index (χ2v) is 9.48. The van der Waals surface area contributed by atoms with Gasteiger partial charge >= 0.3 is 0 Å². The van der Waals surface area contributed by atoms with Crippen molar-refractivity contribution in [2.24, 2.45) is 11.5 Å². The zero-order valence-electron chi connectivity index (χ0n) is 22.3. The number of nitrogens with two attached hydrogens (primary N) is 2. The Labute approximate surface area is 258 Å². The monoisotopic (exact) mass is 758 g/mol. The molecule has 41 heavy (non-hydrogen) atoms. The zero-order chi connectivity index (χ0) is 28.8. The van der Waals surface area contributed by atoms with Crippen molar-refractivity contribution in [2.45, 2.75) is 56.3 Å². The fraction of sp³-hybridized carbons (Fsp3) is 0.407. The standard InChI is InChI=1S/C27H38N6O5S.O.Re/c28-13-5-4-8-21(31-25(36)20(29)14-18-9-11-19(34)12-10-18)26(37)33-23(16-39)27(38)32-22(24(30)35)15-17-6-2-1-3-7-17;;/h1-3,6-7,9-12,20-23,34,39H,4-5,8,13-16,28-29H2,(H2,30,35)(H,31,36)(H,32,38)(H,33,37);;/q;-2;/p-3/t20-,21+,22-,23-;;/m0../s1. The molecular formula is C27H35N6O6ReS-5. The van der Waals surface area contributed by atoms with Crippen LogP contribution in [0.4, 0.5) is 0 Å². The third-order valence-electron chi connectivity index (χ3n) is 6.01. The number of unbranched alkanes of at least 4 members (excludes halogenated alkanes) is 1. The van der Waals surface area contributed by atoms with E-state index in [2.05, 4.69) is 16.0 Å². The molecule has 2 aromatic rings. The van der Waals surface area contributed by atoms with Gasteiger partial charge in [0, 0.05) is 20.4 Å². The Morgan fingerprint density at radius 1 is 0.829 bits per heavy atom. The Balaban J connectivity index is 0.00000800. The Hall–Kier alpha value is -2.99. The summed E-state index contributed by atoms with van der Waals surface area (Å²) >= 11 is 5.07. The molecule has 227 valence electrons. The fourth-order valence-electron chi connectivity index (χ4n) is 3.80. The molecule has 0 heterocycles. The summed E-state index contributed by atoms with van der Waals surface area (Å²) in [6, 6.07) is 10.6. The molecule has 0 aliphatic rings. The molecule has 0 spiro atoms. The van der Waals surface area contributed by atoms with Gasteiger partial charge in [0.1, 0.15) is 6.04 Å². The van der Waals surface area contributed by atoms with Crippen molar-refractivity contribution in [3.63, 3.8) is 0 Å². The van der Waals surface area contributed by atoms with Crippen LogP contribution >= 0.6 is 0 Å². The van der Waals surface area contributed by atoms with E-state index in [1.165, 1.54) is 12.1 Å². The van der Waals surface area contributed by atoms with Crippen LogP contribution < -0.4 is 37.6 Å². The topological polar surface area (TPSA) is 238 Å². The maximum atomic E-state index is 13.1. The number of rotatable bonds is 16. The van der Waals surface area contributed by atoms with Crippen LogP contribution in [0.2, 0.25) is 0 Å². The van der Waals surface area contributed by atoms with Gasteiger partial charge in [-0.2, -0.15) is 0 Å². The third kappa shape index (κ3) is 13.5. The molecular weight excluding hydrogens is 723 g/mol. The van der Waals surface area contributed by atoms with Crippen LogP contribution in [0.25, 0.3) is 0 Å². The average Bonchev–Trinajstić information content (AvgIpc) is 2.92. The van der Waals surface area contributed by atoms with E-state index >= 15 is 0 Å². The molecule has 8 N–H and O–H groups in total. The molecule has 2 rings (SSSR count). The van der Waals surface area contributed by atoms with E-state index < -0.39 is 47.8 Å². The second-order valence-electron chi connectivity index (χ2n) is 9.14. The predicted molar refractivity (Wildman–Crippen MR) is 147 cm³/mol. The van der Waals surface area contributed by atoms with Crippen LogP contribution in [0.1, 0.15) is 30.4 Å². The molecule has 0 fully saturated rings. The molecule has 12 nitrogen and oxygen atoms in total. The van der Waals surface area contributed by atoms with Crippen LogP contribution in [-0.4, -0.2) is 60.1 Å². The first kappa shape index (κ1) is 38.0. The maximum absolute atomic E-state index is 13.1. The van der Waals surface area contributed by atoms with Crippen LogP contribution in [0.15, 0.2) is 54.6 Å². The van der Waals surface area contributed by atoms with Crippen LogP contribution in [-0.2, 0) is 65.8 Å². The quantitative estimate of drug-likeness (QED) is 0.0494. The second kappa shape index (κ2) is 20.0. The van der Waals surface area contributed by atoms with E-state index in [1.807, 2.05) is 6.07 Å². The third-order valence-corrected chi connectivity index (χ3v) is 6.34. The van der Waals surface area contributed by atoms with Gasteiger partial charge in [-0.05, 0) is 55.7 Å². The van der Waals surface area contributed by atoms with Crippen molar-refractivity contribution in [3.8, 4) is 5.75 Å². The Morgan fingerprint density at radius 2 is 1.37 bits per heavy atom. The van der Waals surface area contributed by atoms with E-state index in [-0.39, 0.29) is 56.7 Å². The molecule has 1 radical (unpaired) electrons. The molecule has 3 amide bonds. The van der Waals surface area contributed by atoms with Gasteiger partial charge in [-0.3, -0.25) is 14.4 Å². The number of hydrogen-bond acceptors (Lipinski definition) is 9. The first-order chi connectivity index (χ1) is 18.6. The largest absolute Gasteiger partial charge is 2.00 e. The van der Waals surface area contributed by atoms with Crippen molar-refractivity contribution in [1.82, 2.24) is 16.0 Å². The van der Waals surface area contributed by atoms with Gasteiger partial charge in [0.2, 0.25) is 17.7 Å². The van der Waals surface area contributed by atoms with Gasteiger partial charge in [-0.15, -0.1) is 11.5 Å². The van der Waals surface area contributed by atoms with E-state index in [1.54, 1.807) is 36.4 Å². The summed E-state index contributed by atoms with van der Waals surface area (Å²) in [7, 11) is 0. The minimum Gasteiger partial charge on any atom is -2.00 e. The normalized spacial score (nSPS) is 13.2. The summed E-state index contributed by atoms with van der Waals surface area (Å²) in [5, 5.41) is 38.4. The van der Waals surface area contributed by atoms with Crippen molar-refractivity contribution in [1.29, 1.82) is 5.41 Å². The first-order valence-corrected chi connectivity index (χ1v) is 13.2. The molecule has 0 bridgehead atoms. The maximum Gasteiger partial charge on any atom is 0.243 e. The molecule has 2 aromatic carbocycles. The summed E-state index contributed by atoms with van der Waals surface area (Å²) < 4.78 is 0. The van der Waals surface area contributed by atoms with Crippen molar-refractivity contribution in [3.05, 3.63) is 65.7 Å². The zero-order valence-corrected chi connectivity index (χ0v) is 25.9. The molecule has 0 saturated heterocycles. The van der Waals surface area contributed by atoms with E-state index in [4.69, 9.17) is 29.5 Å². The number of hydrogen-bond donors (Lipinski definition) is 6. The SMILES string of the molecule is N=C([O-])[C@H](Cc1ccccc1)NC(=O)[C@H](C[S-])NC(=O)[C@@H](CCCCN)NC(=O)[C@@H](N)Cc1ccc([O-])cc1.[O-2].[Re]. The molecule has 14 heteroatoms. The Bertz CT molecular complexity index is 1100. The Morgan fingerprint density at radius 3 is 1.93 bits per heavy atom. The number of carbonyl (C=O) groups is 3. The molecule has 4 atom stereocenters. The minimum absolute atomic E-state index is 0. The number of amides is 3. The van der Waals surface area contributed by atoms with Crippen LogP contribution in [0.3, 0.4) is 0 Å². The van der Waals surface area contributed by atoms with Crippen LogP contribution in [0.5, 0.6) is 5.75 Å². The summed E-state index contributed by atoms with van der Waals surface area (Å²) in [5.41, 5.74) is 13.1.